The monoisotopic (exact) mass is 323 g/mol. The largest absolute Gasteiger partial charge is 0.480 e. The van der Waals surface area contributed by atoms with Gasteiger partial charge >= 0.3 is 5.97 Å². The second-order valence-electron chi connectivity index (χ2n) is 7.87. The second kappa shape index (κ2) is 4.51. The third kappa shape index (κ3) is 1.55. The van der Waals surface area contributed by atoms with Crippen molar-refractivity contribution >= 4 is 16.9 Å². The van der Waals surface area contributed by atoms with Crippen LogP contribution < -0.4 is 0 Å². The zero-order chi connectivity index (χ0) is 16.6. The summed E-state index contributed by atoms with van der Waals surface area (Å²) >= 11 is 0. The number of hydrogen-bond donors (Lipinski definition) is 1. The van der Waals surface area contributed by atoms with Gasteiger partial charge in [0.05, 0.1) is 19.3 Å². The van der Waals surface area contributed by atoms with Gasteiger partial charge in [0.2, 0.25) is 0 Å². The van der Waals surface area contributed by atoms with Gasteiger partial charge in [0.1, 0.15) is 18.6 Å². The number of nitrogens with zero attached hydrogens (tertiary/aromatic N) is 2. The minimum atomic E-state index is -0.692. The second-order valence-corrected chi connectivity index (χ2v) is 7.87. The molecule has 4 nitrogen and oxygen atoms in total. The Morgan fingerprint density at radius 3 is 2.92 bits per heavy atom. The summed E-state index contributed by atoms with van der Waals surface area (Å²) in [5.41, 5.74) is 5.15. The minimum absolute atomic E-state index is 0.123. The van der Waals surface area contributed by atoms with Crippen molar-refractivity contribution < 1.29 is 14.4 Å². The molecule has 0 radical (unpaired) electrons. The van der Waals surface area contributed by atoms with Crippen molar-refractivity contribution in [2.24, 2.45) is 5.92 Å². The van der Waals surface area contributed by atoms with Gasteiger partial charge in [0, 0.05) is 29.7 Å². The first-order chi connectivity index (χ1) is 11.5. The molecule has 4 atom stereocenters. The zero-order valence-electron chi connectivity index (χ0n) is 14.2. The van der Waals surface area contributed by atoms with Crippen molar-refractivity contribution in [3.05, 3.63) is 47.2 Å². The molecule has 5 rings (SSSR count). The molecule has 3 aliphatic heterocycles. The van der Waals surface area contributed by atoms with Crippen molar-refractivity contribution in [2.75, 3.05) is 20.1 Å². The van der Waals surface area contributed by atoms with Crippen LogP contribution in [0.4, 0.5) is 0 Å². The van der Waals surface area contributed by atoms with Crippen LogP contribution in [0.5, 0.6) is 0 Å². The molecule has 1 N–H and O–H groups in total. The number of allylic oxidation sites excluding steroid dienone is 1. The summed E-state index contributed by atoms with van der Waals surface area (Å²) in [5, 5.41) is 11.3. The van der Waals surface area contributed by atoms with Gasteiger partial charge in [-0.25, -0.2) is 4.79 Å². The molecule has 0 spiro atoms. The van der Waals surface area contributed by atoms with Crippen LogP contribution in [0.25, 0.3) is 10.9 Å². The van der Waals surface area contributed by atoms with E-state index >= 15 is 0 Å². The van der Waals surface area contributed by atoms with Crippen LogP contribution in [-0.2, 0) is 11.2 Å². The highest BCUT2D eigenvalue weighted by atomic mass is 16.4. The quantitative estimate of drug-likeness (QED) is 0.646. The Kier molecular flexibility index (Phi) is 2.69. The van der Waals surface area contributed by atoms with Crippen LogP contribution in [0.3, 0.4) is 0 Å². The predicted octanol–water partition coefficient (Wildman–Crippen LogP) is 3.29. The highest BCUT2D eigenvalue weighted by molar-refractivity contribution is 5.89. The molecule has 1 fully saturated rings. The summed E-state index contributed by atoms with van der Waals surface area (Å²) in [5.74, 6) is -0.569. The first kappa shape index (κ1) is 14.3. The summed E-state index contributed by atoms with van der Waals surface area (Å²) < 4.78 is 3.22. The Labute approximate surface area is 141 Å². The Morgan fingerprint density at radius 2 is 2.17 bits per heavy atom. The van der Waals surface area contributed by atoms with E-state index in [0.717, 1.165) is 35.9 Å². The van der Waals surface area contributed by atoms with Crippen LogP contribution >= 0.6 is 0 Å². The number of fused-ring (bicyclic) bond motifs is 4. The van der Waals surface area contributed by atoms with Crippen LogP contribution in [0, 0.1) is 5.92 Å². The summed E-state index contributed by atoms with van der Waals surface area (Å²) in [6, 6.07) is 8.35. The number of carboxylic acids is 1. The molecule has 0 aliphatic carbocycles. The lowest BCUT2D eigenvalue weighted by molar-refractivity contribution is -0.943. The number of rotatable bonds is 1. The topological polar surface area (TPSA) is 42.2 Å². The number of aliphatic carboxylic acids is 1. The molecule has 1 aromatic carbocycles. The number of aromatic nitrogens is 1. The van der Waals surface area contributed by atoms with Gasteiger partial charge in [0.25, 0.3) is 0 Å². The maximum absolute atomic E-state index is 12.3. The SMILES string of the molecule is CC=C1C[N+]2(C)CCc3c4n(c5ccccc35)C(C(=O)O)C1CC42. The van der Waals surface area contributed by atoms with E-state index in [1.807, 2.05) is 6.07 Å². The van der Waals surface area contributed by atoms with Crippen molar-refractivity contribution in [3.8, 4) is 0 Å². The smallest absolute Gasteiger partial charge is 0.327 e. The van der Waals surface area contributed by atoms with Crippen LogP contribution in [0.1, 0.15) is 36.7 Å². The maximum atomic E-state index is 12.3. The first-order valence-electron chi connectivity index (χ1n) is 8.89. The summed E-state index contributed by atoms with van der Waals surface area (Å²) in [7, 11) is 2.36. The molecule has 124 valence electrons. The summed E-state index contributed by atoms with van der Waals surface area (Å²) in [6.45, 7) is 4.21. The molecule has 2 bridgehead atoms. The summed E-state index contributed by atoms with van der Waals surface area (Å²) in [4.78, 5) is 12.3. The molecule has 24 heavy (non-hydrogen) atoms. The Balaban J connectivity index is 1.91. The van der Waals surface area contributed by atoms with Crippen LogP contribution in [-0.4, -0.2) is 40.3 Å². The van der Waals surface area contributed by atoms with Gasteiger partial charge in [-0.1, -0.05) is 24.3 Å². The maximum Gasteiger partial charge on any atom is 0.327 e. The fourth-order valence-corrected chi connectivity index (χ4v) is 5.68. The molecule has 4 unspecified atom stereocenters. The molecule has 2 aromatic rings. The van der Waals surface area contributed by atoms with Gasteiger partial charge in [0.15, 0.2) is 0 Å². The van der Waals surface area contributed by atoms with E-state index in [2.05, 4.69) is 42.8 Å². The predicted molar refractivity (Wildman–Crippen MR) is 92.8 cm³/mol. The van der Waals surface area contributed by atoms with Crippen molar-refractivity contribution in [1.29, 1.82) is 0 Å². The number of quaternary nitrogens is 1. The van der Waals surface area contributed by atoms with Gasteiger partial charge in [-0.3, -0.25) is 0 Å². The minimum Gasteiger partial charge on any atom is -0.480 e. The standard InChI is InChI=1S/C20H22N2O2/c1-3-12-11-22(2)9-8-14-13-6-4-5-7-16(13)21-18(14)17(22)10-15(12)19(21)20(23)24/h3-7,15,17,19H,8-11H2,1-2H3/p+1. The third-order valence-corrected chi connectivity index (χ3v) is 6.78. The van der Waals surface area contributed by atoms with E-state index in [-0.39, 0.29) is 5.92 Å². The Hall–Kier alpha value is -2.07. The highest BCUT2D eigenvalue weighted by Crippen LogP contribution is 2.55. The van der Waals surface area contributed by atoms with Crippen molar-refractivity contribution in [2.45, 2.75) is 31.8 Å². The fraction of sp³-hybridized carbons (Fsp3) is 0.450. The van der Waals surface area contributed by atoms with E-state index in [9.17, 15) is 9.90 Å². The van der Waals surface area contributed by atoms with Gasteiger partial charge in [-0.15, -0.1) is 0 Å². The molecule has 1 saturated heterocycles. The number of para-hydroxylation sites is 1. The van der Waals surface area contributed by atoms with E-state index in [0.29, 0.717) is 6.04 Å². The van der Waals surface area contributed by atoms with Gasteiger partial charge < -0.3 is 14.2 Å². The Bertz CT molecular complexity index is 910. The molecule has 1 aromatic heterocycles. The first-order valence-corrected chi connectivity index (χ1v) is 8.89. The van der Waals surface area contributed by atoms with Crippen LogP contribution in [0.2, 0.25) is 0 Å². The molecule has 0 saturated carbocycles. The van der Waals surface area contributed by atoms with Gasteiger partial charge in [-0.05, 0) is 24.1 Å². The number of piperidine rings is 1. The average molecular weight is 323 g/mol. The summed E-state index contributed by atoms with van der Waals surface area (Å²) in [6.07, 6.45) is 4.19. The lowest BCUT2D eigenvalue weighted by Gasteiger charge is -2.54. The zero-order valence-corrected chi connectivity index (χ0v) is 14.2. The molecular formula is C20H23N2O2+. The van der Waals surface area contributed by atoms with Crippen molar-refractivity contribution in [3.63, 3.8) is 0 Å². The molecule has 4 heterocycles. The number of carbonyl (C=O) groups is 1. The molecule has 3 aliphatic rings. The van der Waals surface area contributed by atoms with Crippen molar-refractivity contribution in [1.82, 2.24) is 4.57 Å². The van der Waals surface area contributed by atoms with E-state index < -0.39 is 12.0 Å². The highest BCUT2D eigenvalue weighted by Gasteiger charge is 2.55. The normalized spacial score (nSPS) is 35.4. The lowest BCUT2D eigenvalue weighted by atomic mass is 9.73. The number of carboxylic acid groups (broad SMARTS) is 1. The average Bonchev–Trinajstić information content (AvgIpc) is 2.90. The van der Waals surface area contributed by atoms with E-state index in [1.165, 1.54) is 22.2 Å². The molecule has 4 heteroatoms. The Morgan fingerprint density at radius 1 is 1.38 bits per heavy atom. The fourth-order valence-electron chi connectivity index (χ4n) is 5.68. The lowest BCUT2D eigenvalue weighted by Crippen LogP contribution is -2.59. The van der Waals surface area contributed by atoms with Gasteiger partial charge in [-0.2, -0.15) is 0 Å². The van der Waals surface area contributed by atoms with E-state index in [4.69, 9.17) is 0 Å². The number of hydrogen-bond acceptors (Lipinski definition) is 1. The molecular weight excluding hydrogens is 300 g/mol. The number of likely N-dealkylation sites (N-methyl/N-ethyl adjacent to an activating group) is 1. The van der Waals surface area contributed by atoms with E-state index in [1.54, 1.807) is 0 Å². The molecule has 0 amide bonds. The van der Waals surface area contributed by atoms with Crippen LogP contribution in [0.15, 0.2) is 35.9 Å². The third-order valence-electron chi connectivity index (χ3n) is 6.78. The number of benzene rings is 1.